The quantitative estimate of drug-likeness (QED) is 0.765. The summed E-state index contributed by atoms with van der Waals surface area (Å²) in [5, 5.41) is 2.88. The molecule has 1 amide bonds. The van der Waals surface area contributed by atoms with Crippen LogP contribution in [0, 0.1) is 5.92 Å². The average Bonchev–Trinajstić information content (AvgIpc) is 2.50. The van der Waals surface area contributed by atoms with Crippen molar-refractivity contribution in [3.63, 3.8) is 0 Å². The van der Waals surface area contributed by atoms with Crippen LogP contribution < -0.4 is 10.2 Å². The van der Waals surface area contributed by atoms with Gasteiger partial charge in [-0.3, -0.25) is 4.79 Å². The number of anilines is 2. The van der Waals surface area contributed by atoms with Gasteiger partial charge in [-0.2, -0.15) is 4.31 Å². The van der Waals surface area contributed by atoms with Gasteiger partial charge in [-0.25, -0.2) is 8.42 Å². The third-order valence-electron chi connectivity index (χ3n) is 4.19. The molecule has 0 spiro atoms. The Balaban J connectivity index is 3.27. The number of benzene rings is 1. The van der Waals surface area contributed by atoms with Gasteiger partial charge >= 0.3 is 0 Å². The normalized spacial score (nSPS) is 13.2. The van der Waals surface area contributed by atoms with Crippen LogP contribution in [0.1, 0.15) is 39.7 Å². The van der Waals surface area contributed by atoms with Gasteiger partial charge in [-0.1, -0.05) is 20.8 Å². The SMILES string of the molecule is CC[C@H](C)N(Cc1cc(NC(=O)C(C)C)ccc1N(C)C)S(C)(=O)=O. The van der Waals surface area contributed by atoms with E-state index < -0.39 is 10.0 Å². The summed E-state index contributed by atoms with van der Waals surface area (Å²) in [7, 11) is 0.493. The molecule has 1 N–H and O–H groups in total. The number of carbonyl (C=O) groups excluding carboxylic acids is 1. The van der Waals surface area contributed by atoms with E-state index in [-0.39, 0.29) is 24.4 Å². The zero-order valence-electron chi connectivity index (χ0n) is 16.3. The molecule has 1 rings (SSSR count). The van der Waals surface area contributed by atoms with Crippen LogP contribution in [-0.4, -0.2) is 45.0 Å². The zero-order valence-corrected chi connectivity index (χ0v) is 17.1. The highest BCUT2D eigenvalue weighted by atomic mass is 32.2. The maximum absolute atomic E-state index is 12.2. The number of nitrogens with zero attached hydrogens (tertiary/aromatic N) is 2. The molecule has 0 aliphatic rings. The Bertz CT molecular complexity index is 700. The van der Waals surface area contributed by atoms with Crippen molar-refractivity contribution in [2.75, 3.05) is 30.6 Å². The van der Waals surface area contributed by atoms with Gasteiger partial charge in [0.2, 0.25) is 15.9 Å². The molecule has 1 aromatic rings. The molecule has 7 heteroatoms. The number of rotatable bonds is 8. The van der Waals surface area contributed by atoms with E-state index >= 15 is 0 Å². The lowest BCUT2D eigenvalue weighted by molar-refractivity contribution is -0.118. The van der Waals surface area contributed by atoms with Crippen molar-refractivity contribution in [2.45, 2.75) is 46.7 Å². The summed E-state index contributed by atoms with van der Waals surface area (Å²) in [5.74, 6) is -0.185. The third kappa shape index (κ3) is 6.01. The molecule has 0 heterocycles. The number of hydrogen-bond acceptors (Lipinski definition) is 4. The second-order valence-electron chi connectivity index (χ2n) is 6.95. The monoisotopic (exact) mass is 369 g/mol. The van der Waals surface area contributed by atoms with Crippen LogP contribution in [0.3, 0.4) is 0 Å². The van der Waals surface area contributed by atoms with Crippen LogP contribution in [0.4, 0.5) is 11.4 Å². The smallest absolute Gasteiger partial charge is 0.226 e. The minimum atomic E-state index is -3.34. The molecule has 0 saturated carbocycles. The predicted molar refractivity (Wildman–Crippen MR) is 104 cm³/mol. The van der Waals surface area contributed by atoms with E-state index in [1.54, 1.807) is 0 Å². The minimum Gasteiger partial charge on any atom is -0.377 e. The summed E-state index contributed by atoms with van der Waals surface area (Å²) < 4.78 is 25.9. The van der Waals surface area contributed by atoms with E-state index in [9.17, 15) is 13.2 Å². The molecule has 1 atom stereocenters. The fraction of sp³-hybridized carbons (Fsp3) is 0.611. The second-order valence-corrected chi connectivity index (χ2v) is 8.88. The van der Waals surface area contributed by atoms with Crippen molar-refractivity contribution in [3.05, 3.63) is 23.8 Å². The summed E-state index contributed by atoms with van der Waals surface area (Å²) in [4.78, 5) is 13.9. The Morgan fingerprint density at radius 1 is 1.20 bits per heavy atom. The summed E-state index contributed by atoms with van der Waals surface area (Å²) in [6, 6.07) is 5.50. The molecular weight excluding hydrogens is 338 g/mol. The van der Waals surface area contributed by atoms with E-state index in [4.69, 9.17) is 0 Å². The van der Waals surface area contributed by atoms with E-state index in [2.05, 4.69) is 5.32 Å². The van der Waals surface area contributed by atoms with Crippen LogP contribution in [0.5, 0.6) is 0 Å². The summed E-state index contributed by atoms with van der Waals surface area (Å²) in [5.41, 5.74) is 2.47. The summed E-state index contributed by atoms with van der Waals surface area (Å²) >= 11 is 0. The van der Waals surface area contributed by atoms with Gasteiger partial charge in [0.05, 0.1) is 6.26 Å². The lowest BCUT2D eigenvalue weighted by atomic mass is 10.1. The predicted octanol–water partition coefficient (Wildman–Crippen LogP) is 2.91. The molecule has 0 saturated heterocycles. The van der Waals surface area contributed by atoms with Crippen molar-refractivity contribution < 1.29 is 13.2 Å². The molecule has 25 heavy (non-hydrogen) atoms. The average molecular weight is 370 g/mol. The molecule has 6 nitrogen and oxygen atoms in total. The Morgan fingerprint density at radius 2 is 1.80 bits per heavy atom. The molecule has 142 valence electrons. The highest BCUT2D eigenvalue weighted by Gasteiger charge is 2.24. The molecule has 0 radical (unpaired) electrons. The first-order chi connectivity index (χ1) is 11.5. The maximum atomic E-state index is 12.2. The van der Waals surface area contributed by atoms with Crippen molar-refractivity contribution in [3.8, 4) is 0 Å². The molecule has 0 fully saturated rings. The van der Waals surface area contributed by atoms with E-state index in [1.165, 1.54) is 10.6 Å². The summed E-state index contributed by atoms with van der Waals surface area (Å²) in [6.07, 6.45) is 1.97. The minimum absolute atomic E-state index is 0.0644. The van der Waals surface area contributed by atoms with Crippen molar-refractivity contribution >= 4 is 27.3 Å². The first-order valence-electron chi connectivity index (χ1n) is 8.55. The van der Waals surface area contributed by atoms with Gasteiger partial charge in [-0.05, 0) is 37.1 Å². The maximum Gasteiger partial charge on any atom is 0.226 e. The largest absolute Gasteiger partial charge is 0.377 e. The molecule has 0 bridgehead atoms. The lowest BCUT2D eigenvalue weighted by Crippen LogP contribution is -2.37. The fourth-order valence-electron chi connectivity index (χ4n) is 2.48. The first-order valence-corrected chi connectivity index (χ1v) is 10.4. The van der Waals surface area contributed by atoms with Crippen LogP contribution in [0.15, 0.2) is 18.2 Å². The Hall–Kier alpha value is -1.60. The molecule has 1 aromatic carbocycles. The van der Waals surface area contributed by atoms with E-state index in [0.717, 1.165) is 17.7 Å². The van der Waals surface area contributed by atoms with E-state index in [0.29, 0.717) is 5.69 Å². The standard InChI is InChI=1S/C18H31N3O3S/c1-8-14(4)21(25(7,23)24)12-15-11-16(19-18(22)13(2)3)9-10-17(15)20(5)6/h9-11,13-14H,8,12H2,1-7H3,(H,19,22)/t14-/m0/s1. The number of amides is 1. The number of carbonyl (C=O) groups is 1. The number of hydrogen-bond donors (Lipinski definition) is 1. The molecule has 0 unspecified atom stereocenters. The molecule has 0 aliphatic carbocycles. The van der Waals surface area contributed by atoms with Crippen LogP contribution >= 0.6 is 0 Å². The topological polar surface area (TPSA) is 69.7 Å². The van der Waals surface area contributed by atoms with Gasteiger partial charge < -0.3 is 10.2 Å². The van der Waals surface area contributed by atoms with Crippen LogP contribution in [0.2, 0.25) is 0 Å². The third-order valence-corrected chi connectivity index (χ3v) is 5.53. The van der Waals surface area contributed by atoms with Gasteiger partial charge in [0.15, 0.2) is 0 Å². The van der Waals surface area contributed by atoms with E-state index in [1.807, 2.05) is 64.9 Å². The first kappa shape index (κ1) is 21.4. The van der Waals surface area contributed by atoms with Crippen molar-refractivity contribution in [1.29, 1.82) is 0 Å². The fourth-order valence-corrected chi connectivity index (χ4v) is 3.66. The van der Waals surface area contributed by atoms with Crippen LogP contribution in [0.25, 0.3) is 0 Å². The van der Waals surface area contributed by atoms with Gasteiger partial charge in [0.1, 0.15) is 0 Å². The van der Waals surface area contributed by atoms with Gasteiger partial charge in [0, 0.05) is 44.0 Å². The van der Waals surface area contributed by atoms with Crippen LogP contribution in [-0.2, 0) is 21.4 Å². The second kappa shape index (κ2) is 8.67. The van der Waals surface area contributed by atoms with Gasteiger partial charge in [-0.15, -0.1) is 0 Å². The number of nitrogens with one attached hydrogen (secondary N) is 1. The number of sulfonamides is 1. The Morgan fingerprint density at radius 3 is 2.24 bits per heavy atom. The Labute approximate surface area is 152 Å². The zero-order chi connectivity index (χ0) is 19.4. The lowest BCUT2D eigenvalue weighted by Gasteiger charge is -2.28. The Kier molecular flexibility index (Phi) is 7.44. The molecule has 0 aromatic heterocycles. The highest BCUT2D eigenvalue weighted by Crippen LogP contribution is 2.26. The highest BCUT2D eigenvalue weighted by molar-refractivity contribution is 7.88. The summed E-state index contributed by atoms with van der Waals surface area (Å²) in [6.45, 7) is 7.81. The van der Waals surface area contributed by atoms with Crippen molar-refractivity contribution in [1.82, 2.24) is 4.31 Å². The van der Waals surface area contributed by atoms with Crippen molar-refractivity contribution in [2.24, 2.45) is 5.92 Å². The molecular formula is C18H31N3O3S. The molecule has 0 aliphatic heterocycles. The van der Waals surface area contributed by atoms with Gasteiger partial charge in [0.25, 0.3) is 0 Å².